The molecule has 0 bridgehead atoms. The summed E-state index contributed by atoms with van der Waals surface area (Å²) in [5.74, 6) is 1.96. The Balaban J connectivity index is 1.70. The molecule has 0 aromatic rings. The molecule has 2 atom stereocenters. The van der Waals surface area contributed by atoms with Crippen molar-refractivity contribution in [3.8, 4) is 0 Å². The van der Waals surface area contributed by atoms with Gasteiger partial charge < -0.3 is 10.2 Å². The molecule has 0 amide bonds. The van der Waals surface area contributed by atoms with Crippen LogP contribution in [0.4, 0.5) is 0 Å². The van der Waals surface area contributed by atoms with E-state index in [1.807, 2.05) is 0 Å². The van der Waals surface area contributed by atoms with E-state index in [2.05, 4.69) is 24.1 Å². The quantitative estimate of drug-likeness (QED) is 0.654. The summed E-state index contributed by atoms with van der Waals surface area (Å²) in [6.45, 7) is 9.67. The van der Waals surface area contributed by atoms with Gasteiger partial charge in [-0.25, -0.2) is 0 Å². The number of nitrogens with one attached hydrogen (secondary N) is 1. The lowest BCUT2D eigenvalue weighted by Crippen LogP contribution is -2.52. The summed E-state index contributed by atoms with van der Waals surface area (Å²) in [4.78, 5) is 2.77. The maximum Gasteiger partial charge on any atom is 0.0136 e. The molecule has 0 saturated heterocycles. The van der Waals surface area contributed by atoms with E-state index >= 15 is 0 Å². The number of hydrogen-bond acceptors (Lipinski definition) is 2. The molecule has 17 heavy (non-hydrogen) atoms. The normalized spacial score (nSPS) is 29.1. The van der Waals surface area contributed by atoms with Crippen molar-refractivity contribution in [2.24, 2.45) is 11.8 Å². The Labute approximate surface area is 107 Å². The number of rotatable bonds is 8. The lowest BCUT2D eigenvalue weighted by atomic mass is 9.77. The van der Waals surface area contributed by atoms with Crippen LogP contribution in [0.2, 0.25) is 0 Å². The molecule has 0 aromatic heterocycles. The van der Waals surface area contributed by atoms with Crippen LogP contribution in [-0.4, -0.2) is 37.1 Å². The summed E-state index contributed by atoms with van der Waals surface area (Å²) in [6, 6.07) is 0.893. The molecular formula is C15H30N2. The van der Waals surface area contributed by atoms with Crippen molar-refractivity contribution in [3.05, 3.63) is 0 Å². The van der Waals surface area contributed by atoms with E-state index in [0.29, 0.717) is 0 Å². The van der Waals surface area contributed by atoms with Crippen LogP contribution in [0.1, 0.15) is 52.4 Å². The highest BCUT2D eigenvalue weighted by Gasteiger charge is 2.35. The van der Waals surface area contributed by atoms with Crippen LogP contribution in [0.25, 0.3) is 0 Å². The van der Waals surface area contributed by atoms with Crippen LogP contribution in [-0.2, 0) is 0 Å². The van der Waals surface area contributed by atoms with Crippen molar-refractivity contribution in [1.29, 1.82) is 0 Å². The van der Waals surface area contributed by atoms with Gasteiger partial charge in [0.2, 0.25) is 0 Å². The molecule has 2 nitrogen and oxygen atoms in total. The zero-order chi connectivity index (χ0) is 12.1. The second-order valence-electron chi connectivity index (χ2n) is 5.99. The fourth-order valence-corrected chi connectivity index (χ4v) is 3.24. The molecule has 100 valence electrons. The third-order valence-electron chi connectivity index (χ3n) is 4.80. The first-order valence-electron chi connectivity index (χ1n) is 7.79. The highest BCUT2D eigenvalue weighted by molar-refractivity contribution is 4.91. The minimum Gasteiger partial charge on any atom is -0.316 e. The van der Waals surface area contributed by atoms with Gasteiger partial charge in [-0.15, -0.1) is 0 Å². The Kier molecular flexibility index (Phi) is 5.30. The van der Waals surface area contributed by atoms with E-state index in [-0.39, 0.29) is 0 Å². The second kappa shape index (κ2) is 6.75. The van der Waals surface area contributed by atoms with Gasteiger partial charge in [-0.2, -0.15) is 0 Å². The topological polar surface area (TPSA) is 15.3 Å². The number of nitrogens with zero attached hydrogens (tertiary/aromatic N) is 1. The lowest BCUT2D eigenvalue weighted by Gasteiger charge is -2.46. The minimum atomic E-state index is 0.893. The van der Waals surface area contributed by atoms with Gasteiger partial charge in [0, 0.05) is 12.6 Å². The SMILES string of the molecule is CCCNCC1CCC1N(CC)CC1CCC1. The van der Waals surface area contributed by atoms with Gasteiger partial charge in [0.05, 0.1) is 0 Å². The Morgan fingerprint density at radius 1 is 1.12 bits per heavy atom. The zero-order valence-corrected chi connectivity index (χ0v) is 11.8. The van der Waals surface area contributed by atoms with Gasteiger partial charge >= 0.3 is 0 Å². The predicted octanol–water partition coefficient (Wildman–Crippen LogP) is 2.89. The summed E-state index contributed by atoms with van der Waals surface area (Å²) < 4.78 is 0. The molecule has 2 aliphatic carbocycles. The fourth-order valence-electron chi connectivity index (χ4n) is 3.24. The predicted molar refractivity (Wildman–Crippen MR) is 74.3 cm³/mol. The Morgan fingerprint density at radius 2 is 1.94 bits per heavy atom. The average molecular weight is 238 g/mol. The van der Waals surface area contributed by atoms with Gasteiger partial charge in [0.1, 0.15) is 0 Å². The van der Waals surface area contributed by atoms with E-state index < -0.39 is 0 Å². The van der Waals surface area contributed by atoms with Crippen LogP contribution in [0.3, 0.4) is 0 Å². The first-order valence-corrected chi connectivity index (χ1v) is 7.79. The molecule has 2 saturated carbocycles. The Bertz CT molecular complexity index is 213. The van der Waals surface area contributed by atoms with Gasteiger partial charge in [0.15, 0.2) is 0 Å². The third kappa shape index (κ3) is 3.45. The molecule has 2 fully saturated rings. The van der Waals surface area contributed by atoms with Gasteiger partial charge in [0.25, 0.3) is 0 Å². The zero-order valence-electron chi connectivity index (χ0n) is 11.8. The smallest absolute Gasteiger partial charge is 0.0136 e. The minimum absolute atomic E-state index is 0.893. The van der Waals surface area contributed by atoms with E-state index in [1.165, 1.54) is 64.7 Å². The Morgan fingerprint density at radius 3 is 2.41 bits per heavy atom. The van der Waals surface area contributed by atoms with E-state index in [1.54, 1.807) is 0 Å². The van der Waals surface area contributed by atoms with Gasteiger partial charge in [-0.1, -0.05) is 20.3 Å². The standard InChI is InChI=1S/C15H30N2/c1-3-10-16-11-14-8-9-15(14)17(4-2)12-13-6-5-7-13/h13-16H,3-12H2,1-2H3. The van der Waals surface area contributed by atoms with Crippen molar-refractivity contribution in [3.63, 3.8) is 0 Å². The second-order valence-corrected chi connectivity index (χ2v) is 5.99. The Hall–Kier alpha value is -0.0800. The van der Waals surface area contributed by atoms with Crippen molar-refractivity contribution < 1.29 is 0 Å². The summed E-state index contributed by atoms with van der Waals surface area (Å²) >= 11 is 0. The highest BCUT2D eigenvalue weighted by Crippen LogP contribution is 2.34. The molecule has 0 aromatic carbocycles. The monoisotopic (exact) mass is 238 g/mol. The summed E-state index contributed by atoms with van der Waals surface area (Å²) in [5.41, 5.74) is 0. The molecule has 2 aliphatic rings. The van der Waals surface area contributed by atoms with Crippen LogP contribution < -0.4 is 5.32 Å². The first kappa shape index (κ1) is 13.4. The van der Waals surface area contributed by atoms with E-state index in [4.69, 9.17) is 0 Å². The molecule has 2 unspecified atom stereocenters. The van der Waals surface area contributed by atoms with Crippen LogP contribution >= 0.6 is 0 Å². The molecule has 0 spiro atoms. The van der Waals surface area contributed by atoms with Gasteiger partial charge in [-0.05, 0) is 63.6 Å². The van der Waals surface area contributed by atoms with Crippen molar-refractivity contribution in [2.45, 2.75) is 58.4 Å². The van der Waals surface area contributed by atoms with Crippen LogP contribution in [0, 0.1) is 11.8 Å². The summed E-state index contributed by atoms with van der Waals surface area (Å²) in [6.07, 6.45) is 8.61. The summed E-state index contributed by atoms with van der Waals surface area (Å²) in [7, 11) is 0. The molecule has 2 heteroatoms. The van der Waals surface area contributed by atoms with Crippen molar-refractivity contribution in [2.75, 3.05) is 26.2 Å². The fraction of sp³-hybridized carbons (Fsp3) is 1.00. The number of hydrogen-bond donors (Lipinski definition) is 1. The highest BCUT2D eigenvalue weighted by atomic mass is 15.2. The molecule has 0 aliphatic heterocycles. The van der Waals surface area contributed by atoms with E-state index in [0.717, 1.165) is 17.9 Å². The largest absolute Gasteiger partial charge is 0.316 e. The van der Waals surface area contributed by atoms with Crippen molar-refractivity contribution >= 4 is 0 Å². The molecule has 1 N–H and O–H groups in total. The third-order valence-corrected chi connectivity index (χ3v) is 4.80. The first-order chi connectivity index (χ1) is 8.35. The summed E-state index contributed by atoms with van der Waals surface area (Å²) in [5, 5.41) is 3.60. The van der Waals surface area contributed by atoms with Crippen LogP contribution in [0.15, 0.2) is 0 Å². The maximum absolute atomic E-state index is 3.60. The molecule has 2 rings (SSSR count). The average Bonchev–Trinajstić information content (AvgIpc) is 2.25. The van der Waals surface area contributed by atoms with Crippen LogP contribution in [0.5, 0.6) is 0 Å². The lowest BCUT2D eigenvalue weighted by molar-refractivity contribution is 0.0415. The molecule has 0 radical (unpaired) electrons. The van der Waals surface area contributed by atoms with Gasteiger partial charge in [-0.3, -0.25) is 0 Å². The maximum atomic E-state index is 3.60. The molecular weight excluding hydrogens is 208 g/mol. The van der Waals surface area contributed by atoms with Crippen molar-refractivity contribution in [1.82, 2.24) is 10.2 Å². The molecule has 0 heterocycles. The van der Waals surface area contributed by atoms with E-state index in [9.17, 15) is 0 Å².